The summed E-state index contributed by atoms with van der Waals surface area (Å²) in [7, 11) is 0. The number of nitrogens with zero attached hydrogens (tertiary/aromatic N) is 1. The Bertz CT molecular complexity index is 1120. The summed E-state index contributed by atoms with van der Waals surface area (Å²) in [4.78, 5) is 29.4. The van der Waals surface area contributed by atoms with Gasteiger partial charge < -0.3 is 10.6 Å². The van der Waals surface area contributed by atoms with Crippen molar-refractivity contribution in [3.05, 3.63) is 70.8 Å². The molecule has 0 radical (unpaired) electrons. The molecule has 0 bridgehead atoms. The number of likely N-dealkylation sites (tertiary alicyclic amines) is 1. The Morgan fingerprint density at radius 1 is 0.974 bits per heavy atom. The molecule has 1 saturated carbocycles. The van der Waals surface area contributed by atoms with E-state index in [1.54, 1.807) is 0 Å². The largest absolute Gasteiger partial charge is 0.366 e. The fraction of sp³-hybridized carbons (Fsp3) is 0.588. The molecule has 38 heavy (non-hydrogen) atoms. The summed E-state index contributed by atoms with van der Waals surface area (Å²) < 4.78 is 0. The number of amides is 2. The third-order valence-electron chi connectivity index (χ3n) is 10.4. The first-order valence-electron chi connectivity index (χ1n) is 15.3. The molecule has 2 N–H and O–H groups in total. The zero-order valence-electron chi connectivity index (χ0n) is 23.5. The molecule has 2 aromatic rings. The van der Waals surface area contributed by atoms with Crippen molar-refractivity contribution in [3.63, 3.8) is 0 Å². The van der Waals surface area contributed by atoms with E-state index in [0.717, 1.165) is 57.1 Å². The lowest BCUT2D eigenvalue weighted by Crippen LogP contribution is -2.55. The minimum absolute atomic E-state index is 0.0750. The molecule has 4 heteroatoms. The van der Waals surface area contributed by atoms with Gasteiger partial charge in [-0.1, -0.05) is 75.6 Å². The first-order chi connectivity index (χ1) is 18.5. The van der Waals surface area contributed by atoms with Crippen molar-refractivity contribution in [1.29, 1.82) is 0 Å². The first kappa shape index (κ1) is 27.0. The van der Waals surface area contributed by atoms with Crippen molar-refractivity contribution in [2.24, 2.45) is 17.6 Å². The van der Waals surface area contributed by atoms with Gasteiger partial charge >= 0.3 is 0 Å². The van der Waals surface area contributed by atoms with Gasteiger partial charge in [0, 0.05) is 29.5 Å². The third kappa shape index (κ3) is 4.92. The second kappa shape index (κ2) is 11.6. The van der Waals surface area contributed by atoms with Crippen molar-refractivity contribution in [2.75, 3.05) is 6.54 Å². The summed E-state index contributed by atoms with van der Waals surface area (Å²) in [5.41, 5.74) is 9.93. The van der Waals surface area contributed by atoms with Crippen LogP contribution in [0.15, 0.2) is 48.5 Å². The van der Waals surface area contributed by atoms with Gasteiger partial charge in [0.1, 0.15) is 0 Å². The minimum atomic E-state index is -0.353. The molecule has 2 fully saturated rings. The van der Waals surface area contributed by atoms with Crippen LogP contribution in [0.3, 0.4) is 0 Å². The standard InChI is InChI=1S/C34H46N2O2/c1-3-29(34(4-2)21-12-18-27-28(32(35)37)17-11-19-30(27)34)33(38)36-22-20-26(24-13-7-5-8-14-24)23-31(36)25-15-9-6-10-16-25/h5,7-8,11,13-14,17,19,25-26,29,31H,3-4,6,9-10,12,15-16,18,20-23H2,1-2H3,(H2,35,37)/t26-,29+,31+,34+/m1/s1. The van der Waals surface area contributed by atoms with Gasteiger partial charge in [-0.05, 0) is 92.4 Å². The lowest BCUT2D eigenvalue weighted by molar-refractivity contribution is -0.144. The van der Waals surface area contributed by atoms with Crippen LogP contribution in [-0.4, -0.2) is 29.3 Å². The molecule has 1 saturated heterocycles. The number of fused-ring (bicyclic) bond motifs is 1. The van der Waals surface area contributed by atoms with Crippen molar-refractivity contribution in [3.8, 4) is 0 Å². The van der Waals surface area contributed by atoms with Gasteiger partial charge in [-0.25, -0.2) is 0 Å². The second-order valence-corrected chi connectivity index (χ2v) is 12.1. The zero-order chi connectivity index (χ0) is 26.7. The summed E-state index contributed by atoms with van der Waals surface area (Å²) in [5.74, 6) is 1.06. The van der Waals surface area contributed by atoms with E-state index < -0.39 is 0 Å². The normalized spacial score (nSPS) is 26.9. The summed E-state index contributed by atoms with van der Waals surface area (Å²) in [5, 5.41) is 0. The fourth-order valence-electron chi connectivity index (χ4n) is 8.51. The topological polar surface area (TPSA) is 63.4 Å². The molecule has 0 aromatic heterocycles. The molecule has 5 rings (SSSR count). The van der Waals surface area contributed by atoms with Crippen LogP contribution in [0.2, 0.25) is 0 Å². The van der Waals surface area contributed by atoms with Crippen LogP contribution in [0.4, 0.5) is 0 Å². The maximum atomic E-state index is 14.8. The molecule has 0 unspecified atom stereocenters. The van der Waals surface area contributed by atoms with E-state index in [1.807, 2.05) is 12.1 Å². The molecule has 0 spiro atoms. The van der Waals surface area contributed by atoms with E-state index in [4.69, 9.17) is 5.73 Å². The Hall–Kier alpha value is -2.62. The minimum Gasteiger partial charge on any atom is -0.366 e. The predicted octanol–water partition coefficient (Wildman–Crippen LogP) is 7.15. The smallest absolute Gasteiger partial charge is 0.248 e. The number of benzene rings is 2. The number of hydrogen-bond donors (Lipinski definition) is 1. The Labute approximate surface area is 229 Å². The number of primary amides is 1. The monoisotopic (exact) mass is 514 g/mol. The van der Waals surface area contributed by atoms with Crippen LogP contribution in [0.1, 0.15) is 117 Å². The van der Waals surface area contributed by atoms with Gasteiger partial charge in [0.2, 0.25) is 11.8 Å². The highest BCUT2D eigenvalue weighted by molar-refractivity contribution is 5.95. The molecule has 204 valence electrons. The van der Waals surface area contributed by atoms with Crippen LogP contribution < -0.4 is 5.73 Å². The van der Waals surface area contributed by atoms with E-state index in [0.29, 0.717) is 29.3 Å². The fourth-order valence-corrected chi connectivity index (χ4v) is 8.51. The summed E-state index contributed by atoms with van der Waals surface area (Å²) in [6, 6.07) is 17.3. The summed E-state index contributed by atoms with van der Waals surface area (Å²) >= 11 is 0. The molecule has 2 aromatic carbocycles. The number of piperidine rings is 1. The van der Waals surface area contributed by atoms with Crippen LogP contribution in [-0.2, 0) is 16.6 Å². The van der Waals surface area contributed by atoms with Crippen LogP contribution in [0.5, 0.6) is 0 Å². The lowest BCUT2D eigenvalue weighted by atomic mass is 9.59. The molecule has 1 aliphatic heterocycles. The average Bonchev–Trinajstić information content (AvgIpc) is 2.97. The SMILES string of the molecule is CC[C@@H](C(=O)N1CC[C@@H](c2ccccc2)C[C@H]1C1CCCCC1)[C@]1(CC)CCCc2c(C(N)=O)cccc21. The highest BCUT2D eigenvalue weighted by atomic mass is 16.2. The third-order valence-corrected chi connectivity index (χ3v) is 10.4. The van der Waals surface area contributed by atoms with Crippen molar-refractivity contribution >= 4 is 11.8 Å². The molecular weight excluding hydrogens is 468 g/mol. The second-order valence-electron chi connectivity index (χ2n) is 12.1. The van der Waals surface area contributed by atoms with Crippen LogP contribution >= 0.6 is 0 Å². The molecule has 1 heterocycles. The average molecular weight is 515 g/mol. The molecular formula is C34H46N2O2. The Kier molecular flexibility index (Phi) is 8.26. The van der Waals surface area contributed by atoms with E-state index >= 15 is 0 Å². The number of hydrogen-bond acceptors (Lipinski definition) is 2. The van der Waals surface area contributed by atoms with Gasteiger partial charge in [-0.3, -0.25) is 9.59 Å². The molecule has 4 atom stereocenters. The lowest BCUT2D eigenvalue weighted by Gasteiger charge is -2.50. The maximum Gasteiger partial charge on any atom is 0.248 e. The van der Waals surface area contributed by atoms with E-state index in [2.05, 4.69) is 55.1 Å². The molecule has 3 aliphatic rings. The first-order valence-corrected chi connectivity index (χ1v) is 15.3. The molecule has 2 amide bonds. The van der Waals surface area contributed by atoms with Crippen LogP contribution in [0, 0.1) is 11.8 Å². The van der Waals surface area contributed by atoms with Crippen molar-refractivity contribution in [1.82, 2.24) is 4.90 Å². The Morgan fingerprint density at radius 3 is 2.42 bits per heavy atom. The van der Waals surface area contributed by atoms with Gasteiger partial charge in [-0.2, -0.15) is 0 Å². The summed E-state index contributed by atoms with van der Waals surface area (Å²) in [6.45, 7) is 5.28. The molecule has 2 aliphatic carbocycles. The van der Waals surface area contributed by atoms with Crippen molar-refractivity contribution < 1.29 is 9.59 Å². The van der Waals surface area contributed by atoms with E-state index in [1.165, 1.54) is 43.2 Å². The Balaban J connectivity index is 1.49. The number of rotatable bonds is 7. The van der Waals surface area contributed by atoms with E-state index in [9.17, 15) is 9.59 Å². The van der Waals surface area contributed by atoms with Gasteiger partial charge in [-0.15, -0.1) is 0 Å². The Morgan fingerprint density at radius 2 is 1.74 bits per heavy atom. The number of carbonyl (C=O) groups excluding carboxylic acids is 2. The predicted molar refractivity (Wildman–Crippen MR) is 154 cm³/mol. The van der Waals surface area contributed by atoms with Crippen LogP contribution in [0.25, 0.3) is 0 Å². The highest BCUT2D eigenvalue weighted by Crippen LogP contribution is 2.49. The number of nitrogens with two attached hydrogens (primary N) is 1. The highest BCUT2D eigenvalue weighted by Gasteiger charge is 2.48. The van der Waals surface area contributed by atoms with Crippen molar-refractivity contribution in [2.45, 2.75) is 108 Å². The van der Waals surface area contributed by atoms with E-state index in [-0.39, 0.29) is 17.2 Å². The summed E-state index contributed by atoms with van der Waals surface area (Å²) in [6.07, 6.45) is 13.1. The zero-order valence-corrected chi connectivity index (χ0v) is 23.5. The van der Waals surface area contributed by atoms with Gasteiger partial charge in [0.05, 0.1) is 0 Å². The van der Waals surface area contributed by atoms with Gasteiger partial charge in [0.25, 0.3) is 0 Å². The van der Waals surface area contributed by atoms with Gasteiger partial charge in [0.15, 0.2) is 0 Å². The quantitative estimate of drug-likeness (QED) is 0.426. The maximum absolute atomic E-state index is 14.8. The number of carbonyl (C=O) groups is 2. The molecule has 4 nitrogen and oxygen atoms in total.